The van der Waals surface area contributed by atoms with Crippen molar-refractivity contribution in [2.75, 3.05) is 30.8 Å². The van der Waals surface area contributed by atoms with E-state index in [1.54, 1.807) is 7.11 Å². The molecule has 10 heterocycles. The zero-order chi connectivity index (χ0) is 41.6. The molecule has 8 aromatic heterocycles. The fourth-order valence-electron chi connectivity index (χ4n) is 8.48. The smallest absolute Gasteiger partial charge is 0.190 e. The summed E-state index contributed by atoms with van der Waals surface area (Å²) in [4.78, 5) is 35.4. The first kappa shape index (κ1) is 38.4. The number of H-pyrrole nitrogens is 2. The Labute approximate surface area is 364 Å². The van der Waals surface area contributed by atoms with Gasteiger partial charge in [-0.15, -0.1) is 0 Å². The standard InChI is InChI=1S/C45H42N14OS2/c1-26-41(34-8-10-36-43(50-34)62-45(52-36)54-40-18-28(12-15-47-40)22-59-23-29-5-3-4-6-30(29)24-59)38(57-55-26)19-37-32(20-48-56-37)33-7-9-35-42(49-33)61-44(51-35)53-39-17-27(11-14-46-39)21-58-16-13-31(25-58)60-2/h3-12,14-15,17-18,20,31H,13,16,19,21-25H2,1-2H3,(H,48,56)(H,55,57)(H,46,51,53)(H,47,52,54). The Hall–Kier alpha value is -6.50. The van der Waals surface area contributed by atoms with E-state index >= 15 is 0 Å². The van der Waals surface area contributed by atoms with E-state index in [2.05, 4.69) is 94.2 Å². The zero-order valence-corrected chi connectivity index (χ0v) is 35.7. The summed E-state index contributed by atoms with van der Waals surface area (Å²) in [6, 6.07) is 25.0. The highest BCUT2D eigenvalue weighted by Crippen LogP contribution is 2.35. The maximum Gasteiger partial charge on any atom is 0.190 e. The van der Waals surface area contributed by atoms with Crippen LogP contribution in [0.1, 0.15) is 45.8 Å². The van der Waals surface area contributed by atoms with E-state index in [0.29, 0.717) is 12.5 Å². The summed E-state index contributed by atoms with van der Waals surface area (Å²) >= 11 is 3.00. The summed E-state index contributed by atoms with van der Waals surface area (Å²) in [5.41, 5.74) is 13.0. The zero-order valence-electron chi connectivity index (χ0n) is 34.1. The first-order valence-electron chi connectivity index (χ1n) is 20.6. The van der Waals surface area contributed by atoms with Crippen molar-refractivity contribution in [3.05, 3.63) is 131 Å². The molecule has 310 valence electrons. The van der Waals surface area contributed by atoms with E-state index in [9.17, 15) is 0 Å². The number of thiazole rings is 2. The molecule has 0 aliphatic carbocycles. The average molecular weight is 859 g/mol. The van der Waals surface area contributed by atoms with Crippen molar-refractivity contribution in [3.63, 3.8) is 0 Å². The van der Waals surface area contributed by atoms with Crippen molar-refractivity contribution < 1.29 is 4.74 Å². The van der Waals surface area contributed by atoms with Crippen LogP contribution in [-0.4, -0.2) is 86.4 Å². The second kappa shape index (κ2) is 16.4. The predicted octanol–water partition coefficient (Wildman–Crippen LogP) is 8.39. The third kappa shape index (κ3) is 7.91. The van der Waals surface area contributed by atoms with Gasteiger partial charge in [0, 0.05) is 82.0 Å². The Bertz CT molecular complexity index is 3040. The number of aromatic nitrogens is 10. The molecule has 1 saturated heterocycles. The molecule has 1 fully saturated rings. The van der Waals surface area contributed by atoms with Gasteiger partial charge >= 0.3 is 0 Å². The molecule has 0 spiro atoms. The third-order valence-corrected chi connectivity index (χ3v) is 13.3. The number of nitrogens with one attached hydrogen (secondary N) is 4. The molecular weight excluding hydrogens is 817 g/mol. The highest BCUT2D eigenvalue weighted by Gasteiger charge is 2.23. The maximum absolute atomic E-state index is 5.55. The highest BCUT2D eigenvalue weighted by atomic mass is 32.1. The highest BCUT2D eigenvalue weighted by molar-refractivity contribution is 7.22. The summed E-state index contributed by atoms with van der Waals surface area (Å²) in [5.74, 6) is 1.52. The van der Waals surface area contributed by atoms with Crippen LogP contribution >= 0.6 is 22.7 Å². The van der Waals surface area contributed by atoms with Crippen molar-refractivity contribution in [1.82, 2.24) is 60.1 Å². The first-order chi connectivity index (χ1) is 30.5. The molecule has 0 saturated carbocycles. The van der Waals surface area contributed by atoms with Gasteiger partial charge in [-0.3, -0.25) is 20.0 Å². The van der Waals surface area contributed by atoms with Gasteiger partial charge < -0.3 is 15.4 Å². The van der Waals surface area contributed by atoms with Gasteiger partial charge in [0.1, 0.15) is 32.3 Å². The minimum Gasteiger partial charge on any atom is -0.380 e. The molecule has 15 nitrogen and oxygen atoms in total. The molecule has 2 aliphatic heterocycles. The van der Waals surface area contributed by atoms with Crippen molar-refractivity contribution in [1.29, 1.82) is 0 Å². The number of aryl methyl sites for hydroxylation is 1. The van der Waals surface area contributed by atoms with Crippen LogP contribution in [0, 0.1) is 6.92 Å². The number of methoxy groups -OCH3 is 1. The number of anilines is 4. The van der Waals surface area contributed by atoms with Gasteiger partial charge in [-0.2, -0.15) is 10.2 Å². The van der Waals surface area contributed by atoms with E-state index < -0.39 is 0 Å². The third-order valence-electron chi connectivity index (χ3n) is 11.5. The summed E-state index contributed by atoms with van der Waals surface area (Å²) in [7, 11) is 1.79. The van der Waals surface area contributed by atoms with Gasteiger partial charge in [0.15, 0.2) is 10.3 Å². The second-order valence-corrected chi connectivity index (χ2v) is 17.8. The van der Waals surface area contributed by atoms with Gasteiger partial charge in [0.2, 0.25) is 0 Å². The maximum atomic E-state index is 5.55. The summed E-state index contributed by atoms with van der Waals surface area (Å²) < 4.78 is 5.55. The normalized spacial score (nSPS) is 15.5. The lowest BCUT2D eigenvalue weighted by atomic mass is 10.0. The van der Waals surface area contributed by atoms with Gasteiger partial charge in [0.25, 0.3) is 0 Å². The molecule has 9 aromatic rings. The monoisotopic (exact) mass is 858 g/mol. The molecular formula is C45H42N14OS2. The van der Waals surface area contributed by atoms with Crippen LogP contribution in [0.4, 0.5) is 21.9 Å². The number of aromatic amines is 2. The number of fused-ring (bicyclic) bond motifs is 3. The Morgan fingerprint density at radius 2 is 1.40 bits per heavy atom. The van der Waals surface area contributed by atoms with E-state index in [-0.39, 0.29) is 0 Å². The molecule has 11 rings (SSSR count). The topological polar surface area (TPSA) is 174 Å². The Morgan fingerprint density at radius 1 is 0.758 bits per heavy atom. The molecule has 0 amide bonds. The lowest BCUT2D eigenvalue weighted by Gasteiger charge is -2.16. The van der Waals surface area contributed by atoms with Gasteiger partial charge in [-0.05, 0) is 84.1 Å². The van der Waals surface area contributed by atoms with Crippen LogP contribution in [0.15, 0.2) is 91.4 Å². The average Bonchev–Trinajstić information content (AvgIpc) is 4.14. The van der Waals surface area contributed by atoms with Crippen molar-refractivity contribution in [2.24, 2.45) is 0 Å². The number of hydrogen-bond acceptors (Lipinski definition) is 15. The van der Waals surface area contributed by atoms with Gasteiger partial charge in [-0.25, -0.2) is 29.9 Å². The Morgan fingerprint density at radius 3 is 2.06 bits per heavy atom. The molecule has 62 heavy (non-hydrogen) atoms. The first-order valence-corrected chi connectivity index (χ1v) is 22.2. The van der Waals surface area contributed by atoms with Gasteiger partial charge in [0.05, 0.1) is 35.1 Å². The van der Waals surface area contributed by atoms with Crippen LogP contribution < -0.4 is 10.6 Å². The number of likely N-dealkylation sites (tertiary alicyclic amines) is 1. The van der Waals surface area contributed by atoms with Gasteiger partial charge in [-0.1, -0.05) is 46.9 Å². The van der Waals surface area contributed by atoms with E-state index in [4.69, 9.17) is 29.8 Å². The molecule has 0 bridgehead atoms. The number of benzene rings is 1. The molecule has 1 aromatic carbocycles. The van der Waals surface area contributed by atoms with Crippen molar-refractivity contribution in [3.8, 4) is 22.5 Å². The quantitative estimate of drug-likeness (QED) is 0.0871. The van der Waals surface area contributed by atoms with E-state index in [0.717, 1.165) is 128 Å². The molecule has 4 N–H and O–H groups in total. The molecule has 2 aliphatic rings. The largest absolute Gasteiger partial charge is 0.380 e. The van der Waals surface area contributed by atoms with Crippen molar-refractivity contribution >= 4 is 65.3 Å². The summed E-state index contributed by atoms with van der Waals surface area (Å²) in [6.45, 7) is 7.62. The SMILES string of the molecule is COC1CCN(Cc2ccnc(Nc3nc4ccc(-c5cn[nH]c5Cc5n[nH]c(C)c5-c5ccc6nc(Nc7cc(CN8Cc9ccccc9C8)ccn7)sc6n5)nc4s3)c2)C1. The lowest BCUT2D eigenvalue weighted by Crippen LogP contribution is -2.22. The Kier molecular flexibility index (Phi) is 10.2. The van der Waals surface area contributed by atoms with Crippen LogP contribution in [-0.2, 0) is 37.3 Å². The van der Waals surface area contributed by atoms with Crippen molar-refractivity contribution in [2.45, 2.75) is 52.0 Å². The lowest BCUT2D eigenvalue weighted by molar-refractivity contribution is 0.107. The minimum atomic E-state index is 0.304. The van der Waals surface area contributed by atoms with Crippen LogP contribution in [0.3, 0.4) is 0 Å². The molecule has 0 radical (unpaired) electrons. The second-order valence-electron chi connectivity index (χ2n) is 15.8. The summed E-state index contributed by atoms with van der Waals surface area (Å²) in [5, 5.41) is 23.9. The fraction of sp³-hybridized carbons (Fsp3) is 0.244. The number of rotatable bonds is 13. The Balaban J connectivity index is 0.777. The number of pyridine rings is 4. The van der Waals surface area contributed by atoms with Crippen LogP contribution in [0.2, 0.25) is 0 Å². The summed E-state index contributed by atoms with van der Waals surface area (Å²) in [6.07, 6.45) is 7.38. The molecule has 17 heteroatoms. The minimum absolute atomic E-state index is 0.304. The number of hydrogen-bond donors (Lipinski definition) is 4. The van der Waals surface area contributed by atoms with E-state index in [1.165, 1.54) is 44.9 Å². The predicted molar refractivity (Wildman–Crippen MR) is 243 cm³/mol. The fourth-order valence-corrected chi connectivity index (χ4v) is 10.2. The van der Waals surface area contributed by atoms with Crippen LogP contribution in [0.25, 0.3) is 43.2 Å². The van der Waals surface area contributed by atoms with Crippen LogP contribution in [0.5, 0.6) is 0 Å². The number of nitrogens with zero attached hydrogens (tertiary/aromatic N) is 10. The number of ether oxygens (including phenoxy) is 1. The molecule has 1 unspecified atom stereocenters. The molecule has 1 atom stereocenters. The van der Waals surface area contributed by atoms with E-state index in [1.807, 2.05) is 49.8 Å².